The number of rotatable bonds is 2. The van der Waals surface area contributed by atoms with E-state index in [9.17, 15) is 0 Å². The Kier molecular flexibility index (Phi) is 3.27. The van der Waals surface area contributed by atoms with Gasteiger partial charge in [0.1, 0.15) is 0 Å². The molecule has 16 heavy (non-hydrogen) atoms. The van der Waals surface area contributed by atoms with Gasteiger partial charge in [-0.3, -0.25) is 0 Å². The summed E-state index contributed by atoms with van der Waals surface area (Å²) in [6.07, 6.45) is 3.46. The Morgan fingerprint density at radius 2 is 2.19 bits per heavy atom. The van der Waals surface area contributed by atoms with Crippen molar-refractivity contribution in [2.75, 3.05) is 6.54 Å². The number of halogens is 1. The number of aryl methyl sites for hydroxylation is 1. The van der Waals surface area contributed by atoms with E-state index in [0.29, 0.717) is 5.92 Å². The van der Waals surface area contributed by atoms with Crippen molar-refractivity contribution >= 4 is 11.6 Å². The van der Waals surface area contributed by atoms with Gasteiger partial charge in [0.2, 0.25) is 0 Å². The number of benzene rings is 1. The Bertz CT molecular complexity index is 384. The normalized spacial score (nSPS) is 20.6. The molecule has 1 aromatic carbocycles. The topological polar surface area (TPSA) is 26.0 Å². The van der Waals surface area contributed by atoms with E-state index in [0.717, 1.165) is 24.4 Å². The smallest absolute Gasteiger partial charge is 0.0440 e. The second-order valence-corrected chi connectivity index (χ2v) is 5.92. The molecule has 1 aromatic rings. The van der Waals surface area contributed by atoms with Crippen LogP contribution in [0.4, 0.5) is 0 Å². The Labute approximate surface area is 103 Å². The van der Waals surface area contributed by atoms with Gasteiger partial charge in [-0.2, -0.15) is 0 Å². The maximum Gasteiger partial charge on any atom is 0.0440 e. The summed E-state index contributed by atoms with van der Waals surface area (Å²) < 4.78 is 0. The summed E-state index contributed by atoms with van der Waals surface area (Å²) >= 11 is 6.27. The molecular formula is C14H20ClN. The minimum absolute atomic E-state index is 0.219. The fraction of sp³-hybridized carbons (Fsp3) is 0.571. The second-order valence-electron chi connectivity index (χ2n) is 5.51. The SMILES string of the molecule is CC(C)(CN)C1CCc2cccc(Cl)c2C1. The van der Waals surface area contributed by atoms with Crippen LogP contribution in [0.1, 0.15) is 31.4 Å². The molecule has 0 saturated carbocycles. The molecule has 1 nitrogen and oxygen atoms in total. The lowest BCUT2D eigenvalue weighted by Crippen LogP contribution is -2.35. The third-order valence-corrected chi connectivity index (χ3v) is 4.41. The maximum atomic E-state index is 6.27. The molecule has 0 heterocycles. The minimum Gasteiger partial charge on any atom is -0.330 e. The highest BCUT2D eigenvalue weighted by Gasteiger charge is 2.31. The van der Waals surface area contributed by atoms with Crippen LogP contribution < -0.4 is 5.73 Å². The van der Waals surface area contributed by atoms with Crippen molar-refractivity contribution in [1.29, 1.82) is 0 Å². The van der Waals surface area contributed by atoms with Crippen LogP contribution in [0.15, 0.2) is 18.2 Å². The van der Waals surface area contributed by atoms with Crippen LogP contribution in [-0.4, -0.2) is 6.54 Å². The molecule has 0 bridgehead atoms. The summed E-state index contributed by atoms with van der Waals surface area (Å²) in [6.45, 7) is 5.27. The Morgan fingerprint density at radius 3 is 2.88 bits per heavy atom. The maximum absolute atomic E-state index is 6.27. The minimum atomic E-state index is 0.219. The fourth-order valence-corrected chi connectivity index (χ4v) is 2.85. The van der Waals surface area contributed by atoms with E-state index in [2.05, 4.69) is 26.0 Å². The highest BCUT2D eigenvalue weighted by molar-refractivity contribution is 6.31. The van der Waals surface area contributed by atoms with E-state index < -0.39 is 0 Å². The van der Waals surface area contributed by atoms with E-state index in [1.54, 1.807) is 0 Å². The van der Waals surface area contributed by atoms with Crippen molar-refractivity contribution in [3.63, 3.8) is 0 Å². The van der Waals surface area contributed by atoms with Crippen LogP contribution in [0, 0.1) is 11.3 Å². The zero-order valence-electron chi connectivity index (χ0n) is 10.1. The van der Waals surface area contributed by atoms with Crippen molar-refractivity contribution in [3.8, 4) is 0 Å². The lowest BCUT2D eigenvalue weighted by molar-refractivity contribution is 0.200. The van der Waals surface area contributed by atoms with E-state index in [-0.39, 0.29) is 5.41 Å². The average molecular weight is 238 g/mol. The first-order valence-electron chi connectivity index (χ1n) is 6.01. The van der Waals surface area contributed by atoms with Gasteiger partial charge < -0.3 is 5.73 Å². The first-order chi connectivity index (χ1) is 7.54. The van der Waals surface area contributed by atoms with Gasteiger partial charge in [-0.25, -0.2) is 0 Å². The molecule has 1 aliphatic carbocycles. The first kappa shape index (κ1) is 11.9. The van der Waals surface area contributed by atoms with E-state index >= 15 is 0 Å². The predicted molar refractivity (Wildman–Crippen MR) is 69.8 cm³/mol. The summed E-state index contributed by atoms with van der Waals surface area (Å²) in [7, 11) is 0. The van der Waals surface area contributed by atoms with Gasteiger partial charge in [0.05, 0.1) is 0 Å². The lowest BCUT2D eigenvalue weighted by atomic mass is 9.69. The zero-order valence-corrected chi connectivity index (χ0v) is 10.8. The van der Waals surface area contributed by atoms with Crippen LogP contribution in [0.2, 0.25) is 5.02 Å². The van der Waals surface area contributed by atoms with Crippen LogP contribution in [-0.2, 0) is 12.8 Å². The molecule has 2 N–H and O–H groups in total. The Morgan fingerprint density at radius 1 is 1.44 bits per heavy atom. The van der Waals surface area contributed by atoms with Crippen LogP contribution in [0.5, 0.6) is 0 Å². The molecule has 1 atom stereocenters. The zero-order chi connectivity index (χ0) is 11.8. The summed E-state index contributed by atoms with van der Waals surface area (Å²) in [5.74, 6) is 0.657. The molecule has 0 aliphatic heterocycles. The third kappa shape index (κ3) is 2.11. The Balaban J connectivity index is 2.27. The third-order valence-electron chi connectivity index (χ3n) is 4.06. The molecule has 0 aromatic heterocycles. The largest absolute Gasteiger partial charge is 0.330 e. The molecule has 1 aliphatic rings. The highest BCUT2D eigenvalue weighted by Crippen LogP contribution is 2.39. The standard InChI is InChI=1S/C14H20ClN/c1-14(2,9-16)11-7-6-10-4-3-5-13(15)12(10)8-11/h3-5,11H,6-9,16H2,1-2H3. The second kappa shape index (κ2) is 4.38. The molecule has 1 unspecified atom stereocenters. The molecule has 0 amide bonds. The summed E-state index contributed by atoms with van der Waals surface area (Å²) in [5, 5.41) is 0.926. The first-order valence-corrected chi connectivity index (χ1v) is 6.39. The molecule has 0 spiro atoms. The van der Waals surface area contributed by atoms with Gasteiger partial charge in [-0.05, 0) is 54.3 Å². The highest BCUT2D eigenvalue weighted by atomic mass is 35.5. The van der Waals surface area contributed by atoms with Gasteiger partial charge in [-0.1, -0.05) is 37.6 Å². The molecule has 2 rings (SSSR count). The van der Waals surface area contributed by atoms with Crippen molar-refractivity contribution in [3.05, 3.63) is 34.3 Å². The van der Waals surface area contributed by atoms with Crippen molar-refractivity contribution < 1.29 is 0 Å². The van der Waals surface area contributed by atoms with Crippen molar-refractivity contribution in [2.24, 2.45) is 17.1 Å². The summed E-state index contributed by atoms with van der Waals surface area (Å²) in [4.78, 5) is 0. The number of hydrogen-bond donors (Lipinski definition) is 1. The van der Waals surface area contributed by atoms with Gasteiger partial charge in [-0.15, -0.1) is 0 Å². The van der Waals surface area contributed by atoms with E-state index in [4.69, 9.17) is 17.3 Å². The van der Waals surface area contributed by atoms with Gasteiger partial charge in [0.25, 0.3) is 0 Å². The number of fused-ring (bicyclic) bond motifs is 1. The Hall–Kier alpha value is -0.530. The van der Waals surface area contributed by atoms with Crippen LogP contribution in [0.3, 0.4) is 0 Å². The van der Waals surface area contributed by atoms with Crippen molar-refractivity contribution in [1.82, 2.24) is 0 Å². The van der Waals surface area contributed by atoms with Crippen molar-refractivity contribution in [2.45, 2.75) is 33.1 Å². The van der Waals surface area contributed by atoms with Crippen LogP contribution >= 0.6 is 11.6 Å². The number of hydrogen-bond acceptors (Lipinski definition) is 1. The summed E-state index contributed by atoms with van der Waals surface area (Å²) in [6, 6.07) is 6.25. The molecule has 0 radical (unpaired) electrons. The fourth-order valence-electron chi connectivity index (χ4n) is 2.58. The predicted octanol–water partition coefficient (Wildman–Crippen LogP) is 3.43. The molecule has 88 valence electrons. The molecule has 0 saturated heterocycles. The monoisotopic (exact) mass is 237 g/mol. The average Bonchev–Trinajstić information content (AvgIpc) is 2.29. The van der Waals surface area contributed by atoms with Gasteiger partial charge >= 0.3 is 0 Å². The molecule has 0 fully saturated rings. The quantitative estimate of drug-likeness (QED) is 0.838. The summed E-state index contributed by atoms with van der Waals surface area (Å²) in [5.41, 5.74) is 8.86. The number of nitrogens with two attached hydrogens (primary N) is 1. The van der Waals surface area contributed by atoms with Crippen LogP contribution in [0.25, 0.3) is 0 Å². The lowest BCUT2D eigenvalue weighted by Gasteiger charge is -2.37. The molecule has 2 heteroatoms. The van der Waals surface area contributed by atoms with Gasteiger partial charge in [0, 0.05) is 5.02 Å². The van der Waals surface area contributed by atoms with Gasteiger partial charge in [0.15, 0.2) is 0 Å². The van der Waals surface area contributed by atoms with E-state index in [1.807, 2.05) is 6.07 Å². The van der Waals surface area contributed by atoms with E-state index in [1.165, 1.54) is 17.5 Å². The molecular weight excluding hydrogens is 218 g/mol.